The smallest absolute Gasteiger partial charge is 0.258 e. The number of amides is 2. The van der Waals surface area contributed by atoms with Crippen LogP contribution in [0.15, 0.2) is 72.8 Å². The van der Waals surface area contributed by atoms with Gasteiger partial charge in [0.2, 0.25) is 5.91 Å². The predicted molar refractivity (Wildman–Crippen MR) is 114 cm³/mol. The maximum absolute atomic E-state index is 13.2. The molecule has 0 bridgehead atoms. The topological polar surface area (TPSA) is 49.4 Å². The van der Waals surface area contributed by atoms with Crippen molar-refractivity contribution in [3.63, 3.8) is 0 Å². The van der Waals surface area contributed by atoms with Gasteiger partial charge in [0.05, 0.1) is 0 Å². The highest BCUT2D eigenvalue weighted by Crippen LogP contribution is 2.20. The number of anilines is 2. The van der Waals surface area contributed by atoms with Gasteiger partial charge in [-0.05, 0) is 72.6 Å². The molecule has 0 saturated heterocycles. The molecule has 0 aliphatic rings. The summed E-state index contributed by atoms with van der Waals surface area (Å²) in [5.41, 5.74) is 2.64. The minimum Gasteiger partial charge on any atom is -0.326 e. The van der Waals surface area contributed by atoms with E-state index >= 15 is 0 Å². The highest BCUT2D eigenvalue weighted by molar-refractivity contribution is 6.30. The molecule has 6 heteroatoms. The van der Waals surface area contributed by atoms with E-state index in [1.54, 1.807) is 67.7 Å². The summed E-state index contributed by atoms with van der Waals surface area (Å²) in [5, 5.41) is 3.38. The fraction of sp³-hybridized carbons (Fsp3) is 0.130. The Bertz CT molecular complexity index is 1000. The Balaban J connectivity index is 1.57. The van der Waals surface area contributed by atoms with E-state index in [1.165, 1.54) is 17.0 Å². The Kier molecular flexibility index (Phi) is 6.62. The van der Waals surface area contributed by atoms with Gasteiger partial charge >= 0.3 is 0 Å². The maximum atomic E-state index is 13.2. The minimum atomic E-state index is -0.309. The van der Waals surface area contributed by atoms with Crippen LogP contribution in [0.25, 0.3) is 0 Å². The third-order valence-electron chi connectivity index (χ3n) is 4.46. The van der Waals surface area contributed by atoms with Crippen molar-refractivity contribution in [2.75, 3.05) is 17.3 Å². The molecule has 0 heterocycles. The molecule has 4 nitrogen and oxygen atoms in total. The average molecular weight is 411 g/mol. The lowest BCUT2D eigenvalue weighted by atomic mass is 10.1. The van der Waals surface area contributed by atoms with Crippen molar-refractivity contribution in [3.05, 3.63) is 94.8 Å². The van der Waals surface area contributed by atoms with E-state index in [0.717, 1.165) is 5.56 Å². The van der Waals surface area contributed by atoms with Crippen LogP contribution < -0.4 is 10.2 Å². The van der Waals surface area contributed by atoms with Crippen molar-refractivity contribution in [3.8, 4) is 0 Å². The molecule has 0 aliphatic carbocycles. The quantitative estimate of drug-likeness (QED) is 0.597. The van der Waals surface area contributed by atoms with Crippen molar-refractivity contribution in [1.82, 2.24) is 0 Å². The third kappa shape index (κ3) is 5.65. The number of rotatable bonds is 6. The number of benzene rings is 3. The lowest BCUT2D eigenvalue weighted by Gasteiger charge is -2.18. The lowest BCUT2D eigenvalue weighted by Crippen LogP contribution is -2.26. The van der Waals surface area contributed by atoms with Gasteiger partial charge < -0.3 is 10.2 Å². The summed E-state index contributed by atoms with van der Waals surface area (Å²) in [5.74, 6) is -0.628. The SMILES string of the molecule is CN(C(=O)c1ccc(Cl)cc1)c1ccc(NC(=O)CCc2cccc(F)c2)cc1. The number of carbonyl (C=O) groups is 2. The highest BCUT2D eigenvalue weighted by atomic mass is 35.5. The molecule has 3 aromatic rings. The number of carbonyl (C=O) groups excluding carboxylic acids is 2. The van der Waals surface area contributed by atoms with Gasteiger partial charge in [-0.2, -0.15) is 0 Å². The second kappa shape index (κ2) is 9.34. The Morgan fingerprint density at radius 2 is 1.69 bits per heavy atom. The minimum absolute atomic E-state index is 0.159. The van der Waals surface area contributed by atoms with Crippen molar-refractivity contribution in [1.29, 1.82) is 0 Å². The monoisotopic (exact) mass is 410 g/mol. The van der Waals surface area contributed by atoms with Gasteiger partial charge in [-0.15, -0.1) is 0 Å². The summed E-state index contributed by atoms with van der Waals surface area (Å²) in [6.45, 7) is 0. The first-order valence-electron chi connectivity index (χ1n) is 9.10. The molecule has 29 heavy (non-hydrogen) atoms. The fourth-order valence-electron chi connectivity index (χ4n) is 2.85. The molecule has 0 atom stereocenters. The Labute approximate surface area is 173 Å². The predicted octanol–water partition coefficient (Wildman–Crippen LogP) is 5.33. The highest BCUT2D eigenvalue weighted by Gasteiger charge is 2.13. The molecule has 0 spiro atoms. The van der Waals surface area contributed by atoms with Gasteiger partial charge in [-0.3, -0.25) is 9.59 Å². The first-order valence-corrected chi connectivity index (χ1v) is 9.48. The fourth-order valence-corrected chi connectivity index (χ4v) is 2.97. The normalized spacial score (nSPS) is 10.4. The summed E-state index contributed by atoms with van der Waals surface area (Å²) in [4.78, 5) is 26.2. The largest absolute Gasteiger partial charge is 0.326 e. The van der Waals surface area contributed by atoms with Crippen molar-refractivity contribution < 1.29 is 14.0 Å². The van der Waals surface area contributed by atoms with Crippen LogP contribution in [0.1, 0.15) is 22.3 Å². The zero-order valence-electron chi connectivity index (χ0n) is 15.9. The zero-order chi connectivity index (χ0) is 20.8. The van der Waals surface area contributed by atoms with Crippen LogP contribution in [0.2, 0.25) is 5.02 Å². The molecule has 2 amide bonds. The molecule has 0 saturated carbocycles. The van der Waals surface area contributed by atoms with Crippen molar-refractivity contribution in [2.24, 2.45) is 0 Å². The summed E-state index contributed by atoms with van der Waals surface area (Å²) in [6, 6.07) is 19.9. The number of aryl methyl sites for hydroxylation is 1. The maximum Gasteiger partial charge on any atom is 0.258 e. The van der Waals surface area contributed by atoms with E-state index < -0.39 is 0 Å². The third-order valence-corrected chi connectivity index (χ3v) is 4.72. The molecule has 0 aromatic heterocycles. The van der Waals surface area contributed by atoms with Crippen LogP contribution in [0.4, 0.5) is 15.8 Å². The molecule has 1 N–H and O–H groups in total. The van der Waals surface area contributed by atoms with Gasteiger partial charge in [0.25, 0.3) is 5.91 Å². The van der Waals surface area contributed by atoms with E-state index in [2.05, 4.69) is 5.32 Å². The number of halogens is 2. The van der Waals surface area contributed by atoms with Crippen LogP contribution in [-0.2, 0) is 11.2 Å². The molecule has 3 rings (SSSR count). The summed E-state index contributed by atoms with van der Waals surface area (Å²) < 4.78 is 13.2. The Morgan fingerprint density at radius 3 is 2.34 bits per heavy atom. The Hall–Kier alpha value is -3.18. The van der Waals surface area contributed by atoms with Crippen LogP contribution >= 0.6 is 11.6 Å². The first-order chi connectivity index (χ1) is 13.9. The summed E-state index contributed by atoms with van der Waals surface area (Å²) in [6.07, 6.45) is 0.709. The molecule has 148 valence electrons. The van der Waals surface area contributed by atoms with E-state index in [1.807, 2.05) is 0 Å². The van der Waals surface area contributed by atoms with E-state index in [9.17, 15) is 14.0 Å². The van der Waals surface area contributed by atoms with E-state index in [4.69, 9.17) is 11.6 Å². The van der Waals surface area contributed by atoms with Gasteiger partial charge in [0.15, 0.2) is 0 Å². The van der Waals surface area contributed by atoms with Crippen molar-refractivity contribution in [2.45, 2.75) is 12.8 Å². The molecule has 0 fully saturated rings. The average Bonchev–Trinajstić information content (AvgIpc) is 2.72. The second-order valence-corrected chi connectivity index (χ2v) is 7.03. The lowest BCUT2D eigenvalue weighted by molar-refractivity contribution is -0.116. The zero-order valence-corrected chi connectivity index (χ0v) is 16.6. The number of nitrogens with zero attached hydrogens (tertiary/aromatic N) is 1. The number of hydrogen-bond acceptors (Lipinski definition) is 2. The summed E-state index contributed by atoms with van der Waals surface area (Å²) >= 11 is 5.86. The number of nitrogens with one attached hydrogen (secondary N) is 1. The van der Waals surface area contributed by atoms with Gasteiger partial charge in [0.1, 0.15) is 5.82 Å². The van der Waals surface area contributed by atoms with Gasteiger partial charge in [-0.1, -0.05) is 23.7 Å². The van der Waals surface area contributed by atoms with E-state index in [0.29, 0.717) is 28.4 Å². The van der Waals surface area contributed by atoms with E-state index in [-0.39, 0.29) is 24.1 Å². The first kappa shape index (κ1) is 20.6. The molecule has 3 aromatic carbocycles. The van der Waals surface area contributed by atoms with Crippen LogP contribution in [0.5, 0.6) is 0 Å². The molecule has 0 radical (unpaired) electrons. The van der Waals surface area contributed by atoms with Gasteiger partial charge in [-0.25, -0.2) is 4.39 Å². The summed E-state index contributed by atoms with van der Waals surface area (Å²) in [7, 11) is 1.68. The van der Waals surface area contributed by atoms with Crippen molar-refractivity contribution >= 4 is 34.8 Å². The molecular weight excluding hydrogens is 391 g/mol. The van der Waals surface area contributed by atoms with Crippen LogP contribution in [0, 0.1) is 5.82 Å². The molecule has 0 unspecified atom stereocenters. The standard InChI is InChI=1S/C23H20ClFN2O2/c1-27(23(29)17-6-8-18(24)9-7-17)21-12-10-20(11-13-21)26-22(28)14-5-16-3-2-4-19(25)15-16/h2-4,6-13,15H,5,14H2,1H3,(H,26,28). The number of hydrogen-bond donors (Lipinski definition) is 1. The Morgan fingerprint density at radius 1 is 1.00 bits per heavy atom. The van der Waals surface area contributed by atoms with Crippen LogP contribution in [-0.4, -0.2) is 18.9 Å². The molecule has 0 aliphatic heterocycles. The van der Waals surface area contributed by atoms with Gasteiger partial charge in [0, 0.05) is 35.4 Å². The van der Waals surface area contributed by atoms with Crippen LogP contribution in [0.3, 0.4) is 0 Å². The molecular formula is C23H20ClFN2O2. The second-order valence-electron chi connectivity index (χ2n) is 6.60.